The number of nitrogen functional groups attached to an aromatic ring is 1. The van der Waals surface area contributed by atoms with Crippen LogP contribution in [0.15, 0.2) is 10.7 Å². The van der Waals surface area contributed by atoms with Crippen LogP contribution < -0.4 is 10.6 Å². The minimum atomic E-state index is -0.665. The standard InChI is InChI=1S/C33H38N10O2S/c1-18(23-7-5-12-41(23)2)43-32-22(16-37-43)31(42-13-9-24(44)19(14-34)17-42)38-30(39-32)27-20-6-3-10-33(28(20)45-40-27)11-4-8-25-26(33)21(15-35)29(36)46-25/h16,18-19,23-24,44H,3-13,17,36H2,1-2H3. The molecule has 2 fully saturated rings. The molecule has 238 valence electrons. The molecule has 8 rings (SSSR count). The average Bonchev–Trinajstić information content (AvgIpc) is 3.86. The third-order valence-electron chi connectivity index (χ3n) is 11.1. The van der Waals surface area contributed by atoms with Crippen LogP contribution in [-0.4, -0.2) is 73.7 Å². The normalized spacial score (nSPS) is 27.0. The lowest BCUT2D eigenvalue weighted by atomic mass is 9.63. The number of thiophene rings is 1. The third-order valence-corrected chi connectivity index (χ3v) is 12.1. The molecule has 0 saturated carbocycles. The summed E-state index contributed by atoms with van der Waals surface area (Å²) < 4.78 is 8.33. The zero-order valence-corrected chi connectivity index (χ0v) is 27.1. The summed E-state index contributed by atoms with van der Waals surface area (Å²) >= 11 is 1.53. The fraction of sp³-hybridized carbons (Fsp3) is 0.576. The minimum Gasteiger partial charge on any atom is -0.392 e. The fourth-order valence-corrected chi connectivity index (χ4v) is 9.90. The topological polar surface area (TPSA) is 170 Å². The van der Waals surface area contributed by atoms with Gasteiger partial charge in [0.1, 0.15) is 16.9 Å². The largest absolute Gasteiger partial charge is 0.392 e. The molecule has 5 atom stereocenters. The zero-order chi connectivity index (χ0) is 31.7. The second-order valence-corrected chi connectivity index (χ2v) is 14.7. The maximum atomic E-state index is 10.5. The molecule has 1 spiro atoms. The van der Waals surface area contributed by atoms with Crippen LogP contribution in [0.25, 0.3) is 22.6 Å². The lowest BCUT2D eigenvalue weighted by Crippen LogP contribution is -2.43. The Morgan fingerprint density at radius 3 is 2.74 bits per heavy atom. The number of anilines is 2. The summed E-state index contributed by atoms with van der Waals surface area (Å²) in [6, 6.07) is 5.10. The highest BCUT2D eigenvalue weighted by molar-refractivity contribution is 7.16. The number of piperidine rings is 1. The van der Waals surface area contributed by atoms with Crippen molar-refractivity contribution in [1.82, 2.24) is 29.8 Å². The minimum absolute atomic E-state index is 0.0826. The van der Waals surface area contributed by atoms with Crippen LogP contribution in [0.5, 0.6) is 0 Å². The van der Waals surface area contributed by atoms with Crippen molar-refractivity contribution in [2.24, 2.45) is 5.92 Å². The molecule has 3 N–H and O–H groups in total. The average molecular weight is 639 g/mol. The predicted molar refractivity (Wildman–Crippen MR) is 173 cm³/mol. The summed E-state index contributed by atoms with van der Waals surface area (Å²) in [5.74, 6) is 1.47. The molecule has 5 unspecified atom stereocenters. The monoisotopic (exact) mass is 638 g/mol. The van der Waals surface area contributed by atoms with Crippen molar-refractivity contribution in [2.45, 2.75) is 88.3 Å². The first-order chi connectivity index (χ1) is 22.3. The SMILES string of the molecule is CC(C1CCCN1C)n1ncc2c(N3CCC(O)C(C#N)C3)nc(-c3noc4c3CCCC43CCCc4sc(N)c(C#N)c43)nc21. The van der Waals surface area contributed by atoms with Crippen molar-refractivity contribution in [2.75, 3.05) is 37.3 Å². The van der Waals surface area contributed by atoms with Crippen molar-refractivity contribution in [1.29, 1.82) is 10.5 Å². The zero-order valence-electron chi connectivity index (χ0n) is 26.2. The molecule has 12 nitrogen and oxygen atoms in total. The van der Waals surface area contributed by atoms with Crippen molar-refractivity contribution in [3.63, 3.8) is 0 Å². The van der Waals surface area contributed by atoms with E-state index in [0.717, 1.165) is 85.8 Å². The summed E-state index contributed by atoms with van der Waals surface area (Å²) in [6.45, 7) is 4.19. The van der Waals surface area contributed by atoms with Gasteiger partial charge in [0, 0.05) is 29.6 Å². The number of aliphatic hydroxyl groups excluding tert-OH is 1. The van der Waals surface area contributed by atoms with Gasteiger partial charge >= 0.3 is 0 Å². The number of aromatic nitrogens is 5. The molecule has 46 heavy (non-hydrogen) atoms. The number of hydrogen-bond donors (Lipinski definition) is 2. The van der Waals surface area contributed by atoms with E-state index in [4.69, 9.17) is 25.3 Å². The number of nitriles is 2. The summed E-state index contributed by atoms with van der Waals surface area (Å²) in [6.07, 6.45) is 9.26. The number of nitrogens with zero attached hydrogens (tertiary/aromatic N) is 9. The van der Waals surface area contributed by atoms with Crippen LogP contribution in [0.3, 0.4) is 0 Å². The second-order valence-electron chi connectivity index (χ2n) is 13.5. The van der Waals surface area contributed by atoms with Gasteiger partial charge in [0.05, 0.1) is 46.7 Å². The number of likely N-dealkylation sites (tertiary alicyclic amines) is 1. The van der Waals surface area contributed by atoms with Crippen LogP contribution in [-0.2, 0) is 18.3 Å². The van der Waals surface area contributed by atoms with Gasteiger partial charge < -0.3 is 25.2 Å². The first kappa shape index (κ1) is 29.4. The van der Waals surface area contributed by atoms with Gasteiger partial charge in [-0.05, 0) is 83.9 Å². The summed E-state index contributed by atoms with van der Waals surface area (Å²) in [4.78, 5) is 16.0. The number of fused-ring (bicyclic) bond motifs is 5. The van der Waals surface area contributed by atoms with Crippen LogP contribution in [0, 0.1) is 28.6 Å². The van der Waals surface area contributed by atoms with E-state index < -0.39 is 17.4 Å². The molecule has 0 radical (unpaired) electrons. The summed E-state index contributed by atoms with van der Waals surface area (Å²) in [5.41, 5.74) is 9.89. The Bertz CT molecular complexity index is 1910. The lowest BCUT2D eigenvalue weighted by molar-refractivity contribution is 0.113. The number of aryl methyl sites for hydroxylation is 1. The first-order valence-corrected chi connectivity index (χ1v) is 17.3. The van der Waals surface area contributed by atoms with E-state index >= 15 is 0 Å². The van der Waals surface area contributed by atoms with E-state index in [2.05, 4.69) is 41.1 Å². The maximum Gasteiger partial charge on any atom is 0.186 e. The highest BCUT2D eigenvalue weighted by Gasteiger charge is 2.49. The fourth-order valence-electron chi connectivity index (χ4n) is 8.74. The van der Waals surface area contributed by atoms with Gasteiger partial charge in [-0.3, -0.25) is 0 Å². The molecule has 0 amide bonds. The van der Waals surface area contributed by atoms with Gasteiger partial charge in [0.15, 0.2) is 22.9 Å². The van der Waals surface area contributed by atoms with Crippen molar-refractivity contribution >= 4 is 33.2 Å². The molecule has 2 aliphatic heterocycles. The Hall–Kier alpha value is -4.04. The molecule has 4 aromatic heterocycles. The summed E-state index contributed by atoms with van der Waals surface area (Å²) in [7, 11) is 2.17. The molecular weight excluding hydrogens is 600 g/mol. The van der Waals surface area contributed by atoms with E-state index in [0.29, 0.717) is 53.5 Å². The van der Waals surface area contributed by atoms with E-state index in [9.17, 15) is 15.6 Å². The Morgan fingerprint density at radius 2 is 1.98 bits per heavy atom. The number of rotatable bonds is 4. The van der Waals surface area contributed by atoms with Gasteiger partial charge in [-0.25, -0.2) is 14.6 Å². The Morgan fingerprint density at radius 1 is 1.15 bits per heavy atom. The molecule has 4 aromatic rings. The van der Waals surface area contributed by atoms with Gasteiger partial charge in [-0.15, -0.1) is 11.3 Å². The van der Waals surface area contributed by atoms with Gasteiger partial charge in [-0.1, -0.05) is 5.16 Å². The Labute approximate surface area is 271 Å². The van der Waals surface area contributed by atoms with Gasteiger partial charge in [0.25, 0.3) is 0 Å². The molecule has 13 heteroatoms. The van der Waals surface area contributed by atoms with E-state index in [1.54, 1.807) is 0 Å². The van der Waals surface area contributed by atoms with Crippen molar-refractivity contribution in [3.8, 4) is 23.7 Å². The third kappa shape index (κ3) is 4.29. The number of nitrogens with two attached hydrogens (primary N) is 1. The summed E-state index contributed by atoms with van der Waals surface area (Å²) in [5, 5.41) is 41.3. The molecular formula is C33H38N10O2S. The molecule has 4 aliphatic rings. The highest BCUT2D eigenvalue weighted by Crippen LogP contribution is 2.55. The van der Waals surface area contributed by atoms with Gasteiger partial charge in [0.2, 0.25) is 0 Å². The molecule has 2 aliphatic carbocycles. The Balaban J connectivity index is 1.29. The maximum absolute atomic E-state index is 10.5. The van der Waals surface area contributed by atoms with Crippen molar-refractivity contribution in [3.05, 3.63) is 33.5 Å². The smallest absolute Gasteiger partial charge is 0.186 e. The van der Waals surface area contributed by atoms with Gasteiger partial charge in [-0.2, -0.15) is 15.6 Å². The van der Waals surface area contributed by atoms with Crippen LogP contribution >= 0.6 is 11.3 Å². The number of hydrogen-bond acceptors (Lipinski definition) is 12. The van der Waals surface area contributed by atoms with Crippen LogP contribution in [0.4, 0.5) is 10.8 Å². The Kier molecular flexibility index (Phi) is 7.05. The predicted octanol–water partition coefficient (Wildman–Crippen LogP) is 4.32. The van der Waals surface area contributed by atoms with Crippen LogP contribution in [0.2, 0.25) is 0 Å². The van der Waals surface area contributed by atoms with E-state index in [-0.39, 0.29) is 6.04 Å². The number of likely N-dealkylation sites (N-methyl/N-ethyl adjacent to an activating group) is 1. The quantitative estimate of drug-likeness (QED) is 0.326. The molecule has 0 aromatic carbocycles. The van der Waals surface area contributed by atoms with E-state index in [1.807, 2.05) is 10.9 Å². The molecule has 0 bridgehead atoms. The molecule has 6 heterocycles. The van der Waals surface area contributed by atoms with E-state index in [1.165, 1.54) is 16.2 Å². The molecule has 2 saturated heterocycles. The highest BCUT2D eigenvalue weighted by atomic mass is 32.1. The lowest BCUT2D eigenvalue weighted by Gasteiger charge is -2.39. The van der Waals surface area contributed by atoms with Crippen LogP contribution in [0.1, 0.15) is 85.2 Å². The first-order valence-electron chi connectivity index (χ1n) is 16.4. The number of aliphatic hydroxyl groups is 1. The van der Waals surface area contributed by atoms with Crippen molar-refractivity contribution < 1.29 is 9.63 Å². The second kappa shape index (κ2) is 11.0.